The molecule has 0 bridgehead atoms. The largest absolute Gasteiger partial charge is 0.505 e. The van der Waals surface area contributed by atoms with Crippen molar-refractivity contribution in [1.82, 2.24) is 24.4 Å². The summed E-state index contributed by atoms with van der Waals surface area (Å²) in [6.07, 6.45) is 3.19. The fourth-order valence-electron chi connectivity index (χ4n) is 6.24. The first-order chi connectivity index (χ1) is 21.7. The minimum Gasteiger partial charge on any atom is -0.505 e. The lowest BCUT2D eigenvalue weighted by molar-refractivity contribution is 0.0218. The lowest BCUT2D eigenvalue weighted by atomic mass is 9.99. The number of fused-ring (bicyclic) bond motifs is 1. The molecule has 4 heterocycles. The molecule has 1 saturated carbocycles. The van der Waals surface area contributed by atoms with Crippen LogP contribution >= 0.6 is 0 Å². The Hall–Kier alpha value is -4.54. The van der Waals surface area contributed by atoms with Crippen LogP contribution in [0.2, 0.25) is 0 Å². The Morgan fingerprint density at radius 1 is 1.13 bits per heavy atom. The van der Waals surface area contributed by atoms with E-state index in [1.807, 2.05) is 65.5 Å². The van der Waals surface area contributed by atoms with E-state index in [1.165, 1.54) is 10.6 Å². The van der Waals surface area contributed by atoms with E-state index in [4.69, 9.17) is 14.7 Å². The molecule has 3 aromatic heterocycles. The van der Waals surface area contributed by atoms with Gasteiger partial charge in [-0.2, -0.15) is 4.98 Å². The van der Waals surface area contributed by atoms with E-state index in [1.54, 1.807) is 23.2 Å². The van der Waals surface area contributed by atoms with Crippen LogP contribution in [0.1, 0.15) is 83.0 Å². The number of ether oxygens (including phenoxy) is 1. The lowest BCUT2D eigenvalue weighted by Crippen LogP contribution is -2.55. The zero-order valence-corrected chi connectivity index (χ0v) is 27.5. The fraction of sp³-hybridized carbons (Fsp3) is 0.457. The summed E-state index contributed by atoms with van der Waals surface area (Å²) < 4.78 is 22.6. The van der Waals surface area contributed by atoms with Crippen LogP contribution in [0.25, 0.3) is 28.0 Å². The van der Waals surface area contributed by atoms with Gasteiger partial charge in [-0.15, -0.1) is 0 Å². The highest BCUT2D eigenvalue weighted by Gasteiger charge is 2.35. The van der Waals surface area contributed by atoms with E-state index in [0.717, 1.165) is 29.7 Å². The maximum Gasteiger partial charge on any atom is 0.410 e. The standard InChI is InChI=1S/C35H41FN6O4/c1-19(2)28-30(20(3)13-14-37-28)42-32-25(17-24(22-11-12-22)29(38-32)23-9-8-10-26(43)27(23)36)31(39-33(42)44)41-16-15-40(18-21(41)4)34(45)46-35(5,6)7/h8-10,13-14,17,19,21-22,43H,11-12,15-16,18H2,1-7H3. The van der Waals surface area contributed by atoms with Gasteiger partial charge in [0.2, 0.25) is 0 Å². The molecule has 242 valence electrons. The number of rotatable bonds is 5. The molecule has 1 saturated heterocycles. The molecule has 1 aliphatic carbocycles. The van der Waals surface area contributed by atoms with Crippen LogP contribution < -0.4 is 10.6 Å². The number of aryl methyl sites for hydroxylation is 1. The van der Waals surface area contributed by atoms with Gasteiger partial charge < -0.3 is 19.6 Å². The minimum atomic E-state index is -0.758. The SMILES string of the molecule is Cc1ccnc(C(C)C)c1-n1c(=O)nc(N2CCN(C(=O)OC(C)(C)C)CC2C)c2cc(C3CC3)c(-c3cccc(O)c3F)nc21. The third-order valence-corrected chi connectivity index (χ3v) is 8.60. The number of benzene rings is 1. The van der Waals surface area contributed by atoms with Gasteiger partial charge in [-0.3, -0.25) is 4.98 Å². The van der Waals surface area contributed by atoms with Crippen molar-refractivity contribution < 1.29 is 19.0 Å². The maximum atomic E-state index is 15.5. The smallest absolute Gasteiger partial charge is 0.410 e. The highest BCUT2D eigenvalue weighted by atomic mass is 19.1. The van der Waals surface area contributed by atoms with Gasteiger partial charge in [0.25, 0.3) is 0 Å². The first-order valence-electron chi connectivity index (χ1n) is 15.9. The molecular formula is C35H41FN6O4. The van der Waals surface area contributed by atoms with Crippen molar-refractivity contribution >= 4 is 22.9 Å². The van der Waals surface area contributed by atoms with Crippen LogP contribution in [0.4, 0.5) is 15.0 Å². The zero-order valence-electron chi connectivity index (χ0n) is 27.5. The van der Waals surface area contributed by atoms with Crippen LogP contribution in [-0.2, 0) is 4.74 Å². The number of nitrogens with zero attached hydrogens (tertiary/aromatic N) is 6. The first-order valence-corrected chi connectivity index (χ1v) is 15.9. The zero-order chi connectivity index (χ0) is 33.1. The number of phenolic OH excluding ortho intramolecular Hbond substituents is 1. The topological polar surface area (TPSA) is 114 Å². The Balaban J connectivity index is 1.59. The van der Waals surface area contributed by atoms with Crippen molar-refractivity contribution in [1.29, 1.82) is 0 Å². The van der Waals surface area contributed by atoms with Crippen molar-refractivity contribution in [3.63, 3.8) is 0 Å². The number of aromatic hydroxyl groups is 1. The molecule has 1 atom stereocenters. The molecule has 0 radical (unpaired) electrons. The second kappa shape index (κ2) is 11.7. The van der Waals surface area contributed by atoms with Gasteiger partial charge in [0.05, 0.1) is 22.5 Å². The lowest BCUT2D eigenvalue weighted by Gasteiger charge is -2.41. The van der Waals surface area contributed by atoms with E-state index in [0.29, 0.717) is 47.9 Å². The number of carbonyl (C=O) groups is 1. The van der Waals surface area contributed by atoms with Crippen LogP contribution in [0, 0.1) is 12.7 Å². The summed E-state index contributed by atoms with van der Waals surface area (Å²) in [5.41, 5.74) is 2.74. The average Bonchev–Trinajstić information content (AvgIpc) is 3.83. The third kappa shape index (κ3) is 5.78. The van der Waals surface area contributed by atoms with Gasteiger partial charge in [0.15, 0.2) is 17.2 Å². The second-order valence-electron chi connectivity index (χ2n) is 13.7. The van der Waals surface area contributed by atoms with Gasteiger partial charge in [0, 0.05) is 37.4 Å². The van der Waals surface area contributed by atoms with E-state index in [2.05, 4.69) is 4.98 Å². The average molecular weight is 629 g/mol. The van der Waals surface area contributed by atoms with E-state index >= 15 is 4.39 Å². The summed E-state index contributed by atoms with van der Waals surface area (Å²) >= 11 is 0. The molecular weight excluding hydrogens is 587 g/mol. The summed E-state index contributed by atoms with van der Waals surface area (Å²) in [5, 5.41) is 10.9. The molecule has 1 unspecified atom stereocenters. The maximum absolute atomic E-state index is 15.5. The van der Waals surface area contributed by atoms with Crippen molar-refractivity contribution in [3.05, 3.63) is 69.7 Å². The van der Waals surface area contributed by atoms with Crippen LogP contribution in [0.5, 0.6) is 5.75 Å². The number of halogens is 1. The van der Waals surface area contributed by atoms with E-state index in [-0.39, 0.29) is 29.5 Å². The molecule has 1 N–H and O–H groups in total. The number of amides is 1. The molecule has 6 rings (SSSR count). The molecule has 11 heteroatoms. The number of hydrogen-bond donors (Lipinski definition) is 1. The number of piperazine rings is 1. The molecule has 46 heavy (non-hydrogen) atoms. The number of aromatic nitrogens is 4. The predicted octanol–water partition coefficient (Wildman–Crippen LogP) is 6.44. The summed E-state index contributed by atoms with van der Waals surface area (Å²) in [4.78, 5) is 45.2. The number of phenols is 1. The van der Waals surface area contributed by atoms with Crippen LogP contribution in [0.15, 0.2) is 41.3 Å². The Kier molecular flexibility index (Phi) is 7.98. The molecule has 1 amide bonds. The molecule has 0 spiro atoms. The van der Waals surface area contributed by atoms with Crippen molar-refractivity contribution in [2.24, 2.45) is 0 Å². The number of hydrogen-bond acceptors (Lipinski definition) is 8. The molecule has 2 aliphatic rings. The van der Waals surface area contributed by atoms with Gasteiger partial charge in [0.1, 0.15) is 11.4 Å². The van der Waals surface area contributed by atoms with E-state index in [9.17, 15) is 14.7 Å². The quantitative estimate of drug-likeness (QED) is 0.269. The van der Waals surface area contributed by atoms with Gasteiger partial charge in [-0.25, -0.2) is 23.5 Å². The summed E-state index contributed by atoms with van der Waals surface area (Å²) in [5.74, 6) is -0.596. The third-order valence-electron chi connectivity index (χ3n) is 8.60. The number of carbonyl (C=O) groups excluding carboxylic acids is 1. The second-order valence-corrected chi connectivity index (χ2v) is 13.7. The molecule has 2 fully saturated rings. The monoisotopic (exact) mass is 628 g/mol. The minimum absolute atomic E-state index is 0.00815. The molecule has 1 aromatic carbocycles. The van der Waals surface area contributed by atoms with Crippen LogP contribution in [0.3, 0.4) is 0 Å². The molecule has 10 nitrogen and oxygen atoms in total. The Morgan fingerprint density at radius 3 is 2.52 bits per heavy atom. The van der Waals surface area contributed by atoms with Crippen LogP contribution in [-0.4, -0.2) is 66.9 Å². The van der Waals surface area contributed by atoms with Crippen molar-refractivity contribution in [2.75, 3.05) is 24.5 Å². The summed E-state index contributed by atoms with van der Waals surface area (Å²) in [6.45, 7) is 14.7. The molecule has 4 aromatic rings. The fourth-order valence-corrected chi connectivity index (χ4v) is 6.24. The van der Waals surface area contributed by atoms with Gasteiger partial charge in [-0.05, 0) is 94.7 Å². The van der Waals surface area contributed by atoms with Gasteiger partial charge in [-0.1, -0.05) is 19.9 Å². The molecule has 1 aliphatic heterocycles. The number of anilines is 1. The number of pyridine rings is 2. The normalized spacial score (nSPS) is 17.2. The highest BCUT2D eigenvalue weighted by Crippen LogP contribution is 2.46. The Bertz CT molecular complexity index is 1900. The first kappa shape index (κ1) is 31.4. The summed E-state index contributed by atoms with van der Waals surface area (Å²) in [6, 6.07) is 8.15. The van der Waals surface area contributed by atoms with E-state index < -0.39 is 22.9 Å². The Morgan fingerprint density at radius 2 is 1.87 bits per heavy atom. The Labute approximate surface area is 267 Å². The predicted molar refractivity (Wildman–Crippen MR) is 175 cm³/mol. The summed E-state index contributed by atoms with van der Waals surface area (Å²) in [7, 11) is 0. The van der Waals surface area contributed by atoms with Crippen molar-refractivity contribution in [2.45, 2.75) is 84.8 Å². The van der Waals surface area contributed by atoms with Gasteiger partial charge >= 0.3 is 11.8 Å². The van der Waals surface area contributed by atoms with Crippen molar-refractivity contribution in [3.8, 4) is 22.7 Å². The highest BCUT2D eigenvalue weighted by molar-refractivity contribution is 5.92.